The largest absolute Gasteiger partial charge is 0.488 e. The van der Waals surface area contributed by atoms with Gasteiger partial charge in [-0.05, 0) is 30.3 Å². The van der Waals surface area contributed by atoms with Gasteiger partial charge in [-0.3, -0.25) is 0 Å². The third-order valence-corrected chi connectivity index (χ3v) is 3.03. The second-order valence-corrected chi connectivity index (χ2v) is 4.41. The van der Waals surface area contributed by atoms with Crippen molar-refractivity contribution in [3.8, 4) is 5.75 Å². The molecule has 0 spiro atoms. The van der Waals surface area contributed by atoms with Gasteiger partial charge in [0.2, 0.25) is 0 Å². The fourth-order valence-electron chi connectivity index (χ4n) is 1.67. The third-order valence-electron chi connectivity index (χ3n) is 2.66. The van der Waals surface area contributed by atoms with E-state index in [0.29, 0.717) is 21.9 Å². The molecule has 3 N–H and O–H groups in total. The van der Waals surface area contributed by atoms with Crippen LogP contribution in [0.15, 0.2) is 47.6 Å². The van der Waals surface area contributed by atoms with Gasteiger partial charge in [-0.15, -0.1) is 0 Å². The fourth-order valence-corrected chi connectivity index (χ4v) is 1.84. The molecule has 0 bridgehead atoms. The molecule has 0 fully saturated rings. The van der Waals surface area contributed by atoms with Gasteiger partial charge in [-0.25, -0.2) is 4.39 Å². The van der Waals surface area contributed by atoms with Crippen LogP contribution >= 0.6 is 11.6 Å². The number of nitrogens with two attached hydrogens (primary N) is 1. The molecule has 2 aromatic rings. The molecule has 2 rings (SSSR count). The van der Waals surface area contributed by atoms with Crippen LogP contribution < -0.4 is 10.5 Å². The molecule has 6 heteroatoms. The number of ether oxygens (including phenoxy) is 1. The summed E-state index contributed by atoms with van der Waals surface area (Å²) in [4.78, 5) is 0. The number of halogens is 2. The summed E-state index contributed by atoms with van der Waals surface area (Å²) in [6.45, 7) is 0.0757. The zero-order chi connectivity index (χ0) is 14.5. The molecule has 0 aliphatic rings. The molecule has 20 heavy (non-hydrogen) atoms. The fraction of sp³-hybridized carbons (Fsp3) is 0.0714. The first-order valence-electron chi connectivity index (χ1n) is 5.75. The summed E-state index contributed by atoms with van der Waals surface area (Å²) in [6.07, 6.45) is 0. The van der Waals surface area contributed by atoms with Gasteiger partial charge >= 0.3 is 0 Å². The normalized spacial score (nSPS) is 11.4. The number of hydrogen-bond acceptors (Lipinski definition) is 3. The van der Waals surface area contributed by atoms with Gasteiger partial charge in [-0.1, -0.05) is 28.9 Å². The molecule has 0 heterocycles. The highest BCUT2D eigenvalue weighted by atomic mass is 35.5. The predicted octanol–water partition coefficient (Wildman–Crippen LogP) is 3.15. The van der Waals surface area contributed by atoms with Crippen LogP contribution in [0.2, 0.25) is 5.02 Å². The molecule has 0 aromatic heterocycles. The maximum Gasteiger partial charge on any atom is 0.173 e. The quantitative estimate of drug-likeness (QED) is 0.394. The maximum absolute atomic E-state index is 13.1. The van der Waals surface area contributed by atoms with E-state index in [1.54, 1.807) is 24.3 Å². The van der Waals surface area contributed by atoms with E-state index in [0.717, 1.165) is 0 Å². The van der Waals surface area contributed by atoms with Crippen LogP contribution in [-0.2, 0) is 6.61 Å². The zero-order valence-electron chi connectivity index (χ0n) is 10.4. The molecule has 0 aliphatic heterocycles. The van der Waals surface area contributed by atoms with Crippen LogP contribution in [0, 0.1) is 5.82 Å². The lowest BCUT2D eigenvalue weighted by atomic mass is 10.2. The van der Waals surface area contributed by atoms with Crippen molar-refractivity contribution in [3.05, 3.63) is 64.4 Å². The Hall–Kier alpha value is -2.27. The van der Waals surface area contributed by atoms with Crippen molar-refractivity contribution in [2.45, 2.75) is 6.61 Å². The molecular weight excluding hydrogens is 283 g/mol. The van der Waals surface area contributed by atoms with Gasteiger partial charge < -0.3 is 15.7 Å². The van der Waals surface area contributed by atoms with E-state index in [2.05, 4.69) is 5.16 Å². The van der Waals surface area contributed by atoms with E-state index in [4.69, 9.17) is 27.3 Å². The minimum Gasteiger partial charge on any atom is -0.488 e. The van der Waals surface area contributed by atoms with E-state index in [9.17, 15) is 4.39 Å². The molecule has 4 nitrogen and oxygen atoms in total. The molecule has 0 aliphatic carbocycles. The van der Waals surface area contributed by atoms with Gasteiger partial charge in [-0.2, -0.15) is 0 Å². The minimum absolute atomic E-state index is 0.0639. The van der Waals surface area contributed by atoms with Crippen molar-refractivity contribution in [2.24, 2.45) is 10.9 Å². The highest BCUT2D eigenvalue weighted by molar-refractivity contribution is 6.31. The average Bonchev–Trinajstić information content (AvgIpc) is 2.47. The molecule has 2 aromatic carbocycles. The summed E-state index contributed by atoms with van der Waals surface area (Å²) < 4.78 is 18.7. The summed E-state index contributed by atoms with van der Waals surface area (Å²) in [5.74, 6) is -0.0354. The maximum atomic E-state index is 13.1. The van der Waals surface area contributed by atoms with Crippen molar-refractivity contribution >= 4 is 17.4 Å². The summed E-state index contributed by atoms with van der Waals surface area (Å²) >= 11 is 5.96. The Balaban J connectivity index is 2.21. The number of benzene rings is 2. The second-order valence-electron chi connectivity index (χ2n) is 4.01. The first-order valence-corrected chi connectivity index (χ1v) is 6.13. The lowest BCUT2D eigenvalue weighted by molar-refractivity contribution is 0.302. The first kappa shape index (κ1) is 14.1. The Morgan fingerprint density at radius 1 is 1.30 bits per heavy atom. The number of para-hydroxylation sites is 1. The SMILES string of the molecule is N/C(=N/O)c1ccccc1OCc1cc(F)ccc1Cl. The number of hydrogen-bond donors (Lipinski definition) is 2. The van der Waals surface area contributed by atoms with E-state index < -0.39 is 5.82 Å². The van der Waals surface area contributed by atoms with Crippen molar-refractivity contribution < 1.29 is 14.3 Å². The van der Waals surface area contributed by atoms with E-state index in [1.807, 2.05) is 0 Å². The number of rotatable bonds is 4. The van der Waals surface area contributed by atoms with E-state index in [-0.39, 0.29) is 12.4 Å². The van der Waals surface area contributed by atoms with Crippen molar-refractivity contribution in [1.82, 2.24) is 0 Å². The van der Waals surface area contributed by atoms with Gasteiger partial charge in [0.1, 0.15) is 18.2 Å². The monoisotopic (exact) mass is 294 g/mol. The molecule has 104 valence electrons. The Bertz CT molecular complexity index is 647. The van der Waals surface area contributed by atoms with Gasteiger partial charge in [0.15, 0.2) is 5.84 Å². The van der Waals surface area contributed by atoms with Crippen molar-refractivity contribution in [3.63, 3.8) is 0 Å². The summed E-state index contributed by atoms with van der Waals surface area (Å²) in [5, 5.41) is 12.1. The molecule has 0 saturated heterocycles. The zero-order valence-corrected chi connectivity index (χ0v) is 11.1. The van der Waals surface area contributed by atoms with Crippen LogP contribution in [-0.4, -0.2) is 11.0 Å². The Kier molecular flexibility index (Phi) is 4.42. The van der Waals surface area contributed by atoms with E-state index in [1.165, 1.54) is 18.2 Å². The van der Waals surface area contributed by atoms with E-state index >= 15 is 0 Å². The summed E-state index contributed by atoms with van der Waals surface area (Å²) in [5.41, 5.74) is 6.51. The molecule has 0 atom stereocenters. The summed E-state index contributed by atoms with van der Waals surface area (Å²) in [6, 6.07) is 10.8. The molecule has 0 saturated carbocycles. The standard InChI is InChI=1S/C14H12ClFN2O2/c15-12-6-5-10(16)7-9(12)8-20-13-4-2-1-3-11(13)14(17)18-19/h1-7,19H,8H2,(H2,17,18). The first-order chi connectivity index (χ1) is 9.61. The topological polar surface area (TPSA) is 67.8 Å². The summed E-state index contributed by atoms with van der Waals surface area (Å²) in [7, 11) is 0. The molecule has 0 unspecified atom stereocenters. The Labute approximate surface area is 120 Å². The lowest BCUT2D eigenvalue weighted by Gasteiger charge is -2.11. The van der Waals surface area contributed by atoms with Crippen molar-refractivity contribution in [2.75, 3.05) is 0 Å². The van der Waals surface area contributed by atoms with Crippen LogP contribution in [0.3, 0.4) is 0 Å². The highest BCUT2D eigenvalue weighted by Gasteiger charge is 2.09. The number of oxime groups is 1. The number of nitrogens with zero attached hydrogens (tertiary/aromatic N) is 1. The van der Waals surface area contributed by atoms with Gasteiger partial charge in [0, 0.05) is 10.6 Å². The van der Waals surface area contributed by atoms with Gasteiger partial charge in [0.25, 0.3) is 0 Å². The van der Waals surface area contributed by atoms with Crippen LogP contribution in [0.4, 0.5) is 4.39 Å². The van der Waals surface area contributed by atoms with Crippen molar-refractivity contribution in [1.29, 1.82) is 0 Å². The Morgan fingerprint density at radius 3 is 2.80 bits per heavy atom. The number of amidine groups is 1. The van der Waals surface area contributed by atoms with Crippen LogP contribution in [0.5, 0.6) is 5.75 Å². The average molecular weight is 295 g/mol. The molecule has 0 amide bonds. The predicted molar refractivity (Wildman–Crippen MR) is 74.7 cm³/mol. The second kappa shape index (κ2) is 6.25. The van der Waals surface area contributed by atoms with Crippen LogP contribution in [0.1, 0.15) is 11.1 Å². The van der Waals surface area contributed by atoms with Crippen LogP contribution in [0.25, 0.3) is 0 Å². The van der Waals surface area contributed by atoms with Gasteiger partial charge in [0.05, 0.1) is 5.56 Å². The Morgan fingerprint density at radius 2 is 2.05 bits per heavy atom. The highest BCUT2D eigenvalue weighted by Crippen LogP contribution is 2.22. The molecular formula is C14H12ClFN2O2. The molecule has 0 radical (unpaired) electrons. The smallest absolute Gasteiger partial charge is 0.173 e. The lowest BCUT2D eigenvalue weighted by Crippen LogP contribution is -2.14. The minimum atomic E-state index is -0.391. The third kappa shape index (κ3) is 3.19.